The fraction of sp³-hybridized carbons (Fsp3) is 0.385. The van der Waals surface area contributed by atoms with Crippen molar-refractivity contribution in [1.82, 2.24) is 10.6 Å². The van der Waals surface area contributed by atoms with E-state index in [2.05, 4.69) is 10.6 Å². The molecule has 2 amide bonds. The van der Waals surface area contributed by atoms with Gasteiger partial charge in [-0.15, -0.1) is 0 Å². The summed E-state index contributed by atoms with van der Waals surface area (Å²) in [5.74, 6) is -1.19. The van der Waals surface area contributed by atoms with E-state index in [0.29, 0.717) is 13.0 Å². The number of hydrogen-bond acceptors (Lipinski definition) is 5. The molecule has 4 N–H and O–H groups in total. The number of nitro benzene ring substituents is 1. The normalized spacial score (nSPS) is 11.6. The molecule has 0 saturated carbocycles. The Morgan fingerprint density at radius 3 is 2.68 bits per heavy atom. The molecular weight excluding hydrogens is 312 g/mol. The number of rotatable bonds is 7. The second-order valence-electron chi connectivity index (χ2n) is 4.69. The van der Waals surface area contributed by atoms with Gasteiger partial charge in [-0.05, 0) is 19.4 Å². The van der Waals surface area contributed by atoms with E-state index in [1.54, 1.807) is 0 Å². The molecule has 0 heterocycles. The van der Waals surface area contributed by atoms with Crippen LogP contribution in [-0.2, 0) is 4.79 Å². The monoisotopic (exact) mass is 328 g/mol. The first kappa shape index (κ1) is 17.9. The van der Waals surface area contributed by atoms with Gasteiger partial charge in [0.2, 0.25) is 5.91 Å². The predicted molar refractivity (Wildman–Crippen MR) is 81.7 cm³/mol. The lowest BCUT2D eigenvalue weighted by Crippen LogP contribution is -2.38. The van der Waals surface area contributed by atoms with Gasteiger partial charge in [0.15, 0.2) is 0 Å². The van der Waals surface area contributed by atoms with Crippen LogP contribution < -0.4 is 16.4 Å². The van der Waals surface area contributed by atoms with Gasteiger partial charge in [-0.3, -0.25) is 19.7 Å². The predicted octanol–water partition coefficient (Wildman–Crippen LogP) is 0.831. The average molecular weight is 329 g/mol. The Kier molecular flexibility index (Phi) is 6.74. The van der Waals surface area contributed by atoms with Crippen molar-refractivity contribution < 1.29 is 14.5 Å². The largest absolute Gasteiger partial charge is 0.355 e. The van der Waals surface area contributed by atoms with Gasteiger partial charge in [-0.25, -0.2) is 0 Å². The first-order chi connectivity index (χ1) is 10.3. The number of carbonyl (C=O) groups is 2. The van der Waals surface area contributed by atoms with Crippen molar-refractivity contribution in [3.63, 3.8) is 0 Å². The molecule has 0 aliphatic carbocycles. The highest BCUT2D eigenvalue weighted by Crippen LogP contribution is 2.25. The summed E-state index contributed by atoms with van der Waals surface area (Å²) in [5, 5.41) is 15.7. The average Bonchev–Trinajstić information content (AvgIpc) is 2.44. The lowest BCUT2D eigenvalue weighted by atomic mass is 10.1. The summed E-state index contributed by atoms with van der Waals surface area (Å²) in [7, 11) is 0. The molecule has 22 heavy (non-hydrogen) atoms. The minimum absolute atomic E-state index is 0.0410. The Balaban J connectivity index is 2.63. The Hall–Kier alpha value is -2.19. The summed E-state index contributed by atoms with van der Waals surface area (Å²) < 4.78 is 0. The maximum atomic E-state index is 12.0. The molecule has 8 nitrogen and oxygen atoms in total. The topological polar surface area (TPSA) is 127 Å². The summed E-state index contributed by atoms with van der Waals surface area (Å²) >= 11 is 5.82. The van der Waals surface area contributed by atoms with Crippen molar-refractivity contribution in [3.05, 3.63) is 38.9 Å². The van der Waals surface area contributed by atoms with E-state index in [9.17, 15) is 19.7 Å². The number of nitrogens with one attached hydrogen (secondary N) is 2. The van der Waals surface area contributed by atoms with Crippen molar-refractivity contribution in [3.8, 4) is 0 Å². The van der Waals surface area contributed by atoms with Crippen LogP contribution in [0.5, 0.6) is 0 Å². The van der Waals surface area contributed by atoms with E-state index >= 15 is 0 Å². The van der Waals surface area contributed by atoms with Crippen LogP contribution in [-0.4, -0.2) is 35.9 Å². The van der Waals surface area contributed by atoms with Crippen LogP contribution in [0.25, 0.3) is 0 Å². The van der Waals surface area contributed by atoms with E-state index in [1.165, 1.54) is 18.2 Å². The van der Waals surface area contributed by atoms with Crippen LogP contribution in [0.1, 0.15) is 23.7 Å². The zero-order chi connectivity index (χ0) is 16.7. The number of carbonyl (C=O) groups excluding carboxylic acids is 2. The molecule has 1 aromatic carbocycles. The Morgan fingerprint density at radius 1 is 1.41 bits per heavy atom. The summed E-state index contributed by atoms with van der Waals surface area (Å²) in [6, 6.07) is 3.87. The maximum absolute atomic E-state index is 12.0. The zero-order valence-corrected chi connectivity index (χ0v) is 12.7. The maximum Gasteiger partial charge on any atom is 0.283 e. The van der Waals surface area contributed by atoms with Crippen molar-refractivity contribution in [2.45, 2.75) is 19.4 Å². The second kappa shape index (κ2) is 8.30. The van der Waals surface area contributed by atoms with Gasteiger partial charge in [0.25, 0.3) is 11.6 Å². The molecular formula is C13H17ClN4O4. The molecule has 0 aliphatic rings. The highest BCUT2D eigenvalue weighted by atomic mass is 35.5. The van der Waals surface area contributed by atoms with Crippen molar-refractivity contribution in [2.75, 3.05) is 13.1 Å². The van der Waals surface area contributed by atoms with Gasteiger partial charge < -0.3 is 16.4 Å². The molecule has 120 valence electrons. The summed E-state index contributed by atoms with van der Waals surface area (Å²) in [6.07, 6.45) is 0.607. The highest BCUT2D eigenvalue weighted by molar-refractivity contribution is 6.34. The van der Waals surface area contributed by atoms with Gasteiger partial charge >= 0.3 is 0 Å². The molecule has 0 bridgehead atoms. The fourth-order valence-corrected chi connectivity index (χ4v) is 1.90. The lowest BCUT2D eigenvalue weighted by molar-refractivity contribution is -0.385. The van der Waals surface area contributed by atoms with Crippen molar-refractivity contribution >= 4 is 29.1 Å². The van der Waals surface area contributed by atoms with E-state index in [1.807, 2.05) is 6.92 Å². The lowest BCUT2D eigenvalue weighted by Gasteiger charge is -2.09. The molecule has 0 fully saturated rings. The van der Waals surface area contributed by atoms with Gasteiger partial charge in [0, 0.05) is 18.7 Å². The van der Waals surface area contributed by atoms with E-state index in [0.717, 1.165) is 0 Å². The molecule has 1 atom stereocenters. The first-order valence-electron chi connectivity index (χ1n) is 6.56. The molecule has 9 heteroatoms. The minimum atomic E-state index is -0.778. The molecule has 0 aliphatic heterocycles. The molecule has 0 radical (unpaired) electrons. The third kappa shape index (κ3) is 5.30. The third-order valence-corrected chi connectivity index (χ3v) is 3.06. The number of nitrogens with zero attached hydrogens (tertiary/aromatic N) is 1. The smallest absolute Gasteiger partial charge is 0.283 e. The number of nitrogens with two attached hydrogens (primary N) is 1. The van der Waals surface area contributed by atoms with Crippen LogP contribution >= 0.6 is 11.6 Å². The zero-order valence-electron chi connectivity index (χ0n) is 12.0. The quantitative estimate of drug-likeness (QED) is 0.504. The van der Waals surface area contributed by atoms with E-state index < -0.39 is 22.4 Å². The minimum Gasteiger partial charge on any atom is -0.355 e. The molecule has 1 rings (SSSR count). The number of nitro groups is 1. The van der Waals surface area contributed by atoms with E-state index in [4.69, 9.17) is 17.3 Å². The SMILES string of the molecule is CC(N)CCNC(=O)CNC(=O)c1c(Cl)cccc1[N+](=O)[O-]. The van der Waals surface area contributed by atoms with Gasteiger partial charge in [0.05, 0.1) is 16.5 Å². The van der Waals surface area contributed by atoms with Crippen LogP contribution in [0.2, 0.25) is 5.02 Å². The molecule has 0 saturated heterocycles. The van der Waals surface area contributed by atoms with Crippen LogP contribution in [0.3, 0.4) is 0 Å². The Morgan fingerprint density at radius 2 is 2.09 bits per heavy atom. The van der Waals surface area contributed by atoms with Crippen molar-refractivity contribution in [1.29, 1.82) is 0 Å². The molecule has 0 spiro atoms. The Bertz CT molecular complexity index is 577. The number of hydrogen-bond donors (Lipinski definition) is 3. The van der Waals surface area contributed by atoms with E-state index in [-0.39, 0.29) is 23.2 Å². The summed E-state index contributed by atoms with van der Waals surface area (Å²) in [4.78, 5) is 33.7. The highest BCUT2D eigenvalue weighted by Gasteiger charge is 2.23. The van der Waals surface area contributed by atoms with Crippen LogP contribution in [0.4, 0.5) is 5.69 Å². The van der Waals surface area contributed by atoms with Gasteiger partial charge in [0.1, 0.15) is 5.56 Å². The van der Waals surface area contributed by atoms with Gasteiger partial charge in [-0.2, -0.15) is 0 Å². The molecule has 1 unspecified atom stereocenters. The molecule has 1 aromatic rings. The fourth-order valence-electron chi connectivity index (χ4n) is 1.64. The number of amides is 2. The Labute approximate surface area is 132 Å². The van der Waals surface area contributed by atoms with Crippen LogP contribution in [0.15, 0.2) is 18.2 Å². The van der Waals surface area contributed by atoms with Crippen LogP contribution in [0, 0.1) is 10.1 Å². The summed E-state index contributed by atoms with van der Waals surface area (Å²) in [6.45, 7) is 1.89. The molecule has 0 aromatic heterocycles. The standard InChI is InChI=1S/C13H17ClN4O4/c1-8(15)5-6-16-11(19)7-17-13(20)12-9(14)3-2-4-10(12)18(21)22/h2-4,8H,5-7,15H2,1H3,(H,16,19)(H,17,20). The second-order valence-corrected chi connectivity index (χ2v) is 5.10. The first-order valence-corrected chi connectivity index (χ1v) is 6.94. The van der Waals surface area contributed by atoms with Gasteiger partial charge in [-0.1, -0.05) is 17.7 Å². The number of halogens is 1. The van der Waals surface area contributed by atoms with Crippen molar-refractivity contribution in [2.24, 2.45) is 5.73 Å². The summed E-state index contributed by atoms with van der Waals surface area (Å²) in [5.41, 5.74) is 4.86. The third-order valence-electron chi connectivity index (χ3n) is 2.75. The number of benzene rings is 1.